The summed E-state index contributed by atoms with van der Waals surface area (Å²) in [5.41, 5.74) is 1.14. The molecule has 1 aliphatic rings. The van der Waals surface area contributed by atoms with Crippen LogP contribution in [0.3, 0.4) is 0 Å². The molecule has 1 fully saturated rings. The zero-order chi connectivity index (χ0) is 16.4. The number of carbonyl (C=O) groups excluding carboxylic acids is 1. The number of amides is 1. The number of methoxy groups -OCH3 is 2. The van der Waals surface area contributed by atoms with E-state index in [0.29, 0.717) is 22.2 Å². The summed E-state index contributed by atoms with van der Waals surface area (Å²) in [4.78, 5) is 12.7. The van der Waals surface area contributed by atoms with Crippen LogP contribution in [0.25, 0.3) is 0 Å². The molecule has 0 spiro atoms. The molecule has 0 aromatic heterocycles. The summed E-state index contributed by atoms with van der Waals surface area (Å²) in [6, 6.07) is 12.8. The zero-order valence-electron chi connectivity index (χ0n) is 13.1. The maximum absolute atomic E-state index is 12.7. The molecule has 0 bridgehead atoms. The van der Waals surface area contributed by atoms with E-state index in [-0.39, 0.29) is 5.91 Å². The van der Waals surface area contributed by atoms with E-state index in [1.165, 1.54) is 0 Å². The monoisotopic (exact) mass is 331 g/mol. The minimum atomic E-state index is -0.498. The third-order valence-electron chi connectivity index (χ3n) is 4.20. The van der Waals surface area contributed by atoms with Gasteiger partial charge in [-0.2, -0.15) is 0 Å². The molecule has 0 unspecified atom stereocenters. The third kappa shape index (κ3) is 2.99. The molecule has 1 amide bonds. The van der Waals surface area contributed by atoms with Crippen LogP contribution in [0.1, 0.15) is 18.4 Å². The van der Waals surface area contributed by atoms with Gasteiger partial charge in [-0.05, 0) is 48.7 Å². The third-order valence-corrected chi connectivity index (χ3v) is 4.44. The molecule has 1 aliphatic carbocycles. The minimum absolute atomic E-state index is 0.0213. The van der Waals surface area contributed by atoms with Crippen molar-refractivity contribution in [1.82, 2.24) is 0 Å². The first kappa shape index (κ1) is 15.7. The predicted octanol–water partition coefficient (Wildman–Crippen LogP) is 4.03. The molecular weight excluding hydrogens is 314 g/mol. The second-order valence-electron chi connectivity index (χ2n) is 5.62. The van der Waals surface area contributed by atoms with Gasteiger partial charge in [0.2, 0.25) is 5.91 Å². The summed E-state index contributed by atoms with van der Waals surface area (Å²) in [5.74, 6) is 1.26. The van der Waals surface area contributed by atoms with Crippen molar-refractivity contribution in [3.63, 3.8) is 0 Å². The molecule has 2 aromatic carbocycles. The molecule has 2 aromatic rings. The summed E-state index contributed by atoms with van der Waals surface area (Å²) in [6.07, 6.45) is 1.63. The number of anilines is 1. The summed E-state index contributed by atoms with van der Waals surface area (Å²) in [7, 11) is 3.18. The lowest BCUT2D eigenvalue weighted by atomic mass is 9.94. The lowest BCUT2D eigenvalue weighted by Crippen LogP contribution is -2.27. The normalized spacial score (nSPS) is 14.9. The van der Waals surface area contributed by atoms with E-state index >= 15 is 0 Å². The smallest absolute Gasteiger partial charge is 0.235 e. The van der Waals surface area contributed by atoms with Gasteiger partial charge in [0.05, 0.1) is 19.6 Å². The van der Waals surface area contributed by atoms with Gasteiger partial charge >= 0.3 is 0 Å². The Kier molecular flexibility index (Phi) is 4.18. The molecule has 1 N–H and O–H groups in total. The van der Waals surface area contributed by atoms with Crippen molar-refractivity contribution in [3.8, 4) is 11.5 Å². The molecule has 0 radical (unpaired) electrons. The number of hydrogen-bond donors (Lipinski definition) is 1. The highest BCUT2D eigenvalue weighted by Gasteiger charge is 2.51. The maximum Gasteiger partial charge on any atom is 0.235 e. The number of halogens is 1. The number of carbonyl (C=O) groups is 1. The van der Waals surface area contributed by atoms with Crippen molar-refractivity contribution in [1.29, 1.82) is 0 Å². The molecule has 0 aliphatic heterocycles. The second-order valence-corrected chi connectivity index (χ2v) is 6.05. The Morgan fingerprint density at radius 2 is 1.83 bits per heavy atom. The van der Waals surface area contributed by atoms with Crippen LogP contribution >= 0.6 is 11.6 Å². The molecule has 0 heterocycles. The lowest BCUT2D eigenvalue weighted by Gasteiger charge is -2.18. The topological polar surface area (TPSA) is 47.6 Å². The quantitative estimate of drug-likeness (QED) is 0.900. The Labute approximate surface area is 140 Å². The van der Waals surface area contributed by atoms with E-state index in [2.05, 4.69) is 5.32 Å². The molecular formula is C18H18ClNO3. The highest BCUT2D eigenvalue weighted by Crippen LogP contribution is 2.50. The molecule has 5 heteroatoms. The second kappa shape index (κ2) is 6.13. The summed E-state index contributed by atoms with van der Waals surface area (Å²) < 4.78 is 10.6. The van der Waals surface area contributed by atoms with Crippen LogP contribution in [0.15, 0.2) is 42.5 Å². The van der Waals surface area contributed by atoms with Gasteiger partial charge in [-0.1, -0.05) is 23.7 Å². The fraction of sp³-hybridized carbons (Fsp3) is 0.278. The Hall–Kier alpha value is -2.20. The van der Waals surface area contributed by atoms with Crippen molar-refractivity contribution in [2.75, 3.05) is 19.5 Å². The molecule has 0 atom stereocenters. The van der Waals surface area contributed by atoms with Crippen LogP contribution in [0, 0.1) is 0 Å². The summed E-state index contributed by atoms with van der Waals surface area (Å²) in [5, 5.41) is 3.55. The van der Waals surface area contributed by atoms with E-state index in [1.54, 1.807) is 26.4 Å². The van der Waals surface area contributed by atoms with Crippen molar-refractivity contribution >= 4 is 23.2 Å². The standard InChI is InChI=1S/C18H18ClNO3/c1-22-15-7-6-12(10-16(15)23-2)18(8-9-18)17(21)20-14-5-3-4-13(19)11-14/h3-7,10-11H,8-9H2,1-2H3,(H,20,21). The van der Waals surface area contributed by atoms with Gasteiger partial charge in [-0.25, -0.2) is 0 Å². The molecule has 120 valence electrons. The maximum atomic E-state index is 12.7. The van der Waals surface area contributed by atoms with Crippen LogP contribution in [-0.2, 0) is 10.2 Å². The number of rotatable bonds is 5. The fourth-order valence-electron chi connectivity index (χ4n) is 2.72. The average Bonchev–Trinajstić information content (AvgIpc) is 3.36. The molecule has 23 heavy (non-hydrogen) atoms. The highest BCUT2D eigenvalue weighted by molar-refractivity contribution is 6.30. The number of nitrogens with one attached hydrogen (secondary N) is 1. The first-order valence-electron chi connectivity index (χ1n) is 7.38. The molecule has 3 rings (SSSR count). The van der Waals surface area contributed by atoms with Gasteiger partial charge in [0.25, 0.3) is 0 Å². The van der Waals surface area contributed by atoms with E-state index in [0.717, 1.165) is 18.4 Å². The van der Waals surface area contributed by atoms with Crippen molar-refractivity contribution < 1.29 is 14.3 Å². The number of ether oxygens (including phenoxy) is 2. The highest BCUT2D eigenvalue weighted by atomic mass is 35.5. The van der Waals surface area contributed by atoms with Crippen LogP contribution in [0.2, 0.25) is 5.02 Å². The Bertz CT molecular complexity index is 741. The lowest BCUT2D eigenvalue weighted by molar-refractivity contribution is -0.118. The first-order chi connectivity index (χ1) is 11.1. The predicted molar refractivity (Wildman–Crippen MR) is 90.5 cm³/mol. The largest absolute Gasteiger partial charge is 0.493 e. The SMILES string of the molecule is COc1ccc(C2(C(=O)Nc3cccc(Cl)c3)CC2)cc1OC. The molecule has 0 saturated heterocycles. The van der Waals surface area contributed by atoms with Gasteiger partial charge in [0.1, 0.15) is 0 Å². The van der Waals surface area contributed by atoms with E-state index < -0.39 is 5.41 Å². The zero-order valence-corrected chi connectivity index (χ0v) is 13.8. The summed E-state index contributed by atoms with van der Waals surface area (Å²) in [6.45, 7) is 0. The Morgan fingerprint density at radius 3 is 2.43 bits per heavy atom. The van der Waals surface area contributed by atoms with Crippen LogP contribution in [0.4, 0.5) is 5.69 Å². The van der Waals surface area contributed by atoms with E-state index in [1.807, 2.05) is 30.3 Å². The van der Waals surface area contributed by atoms with Gasteiger partial charge in [-0.3, -0.25) is 4.79 Å². The van der Waals surface area contributed by atoms with Gasteiger partial charge in [0.15, 0.2) is 11.5 Å². The van der Waals surface area contributed by atoms with E-state index in [4.69, 9.17) is 21.1 Å². The van der Waals surface area contributed by atoms with Crippen LogP contribution < -0.4 is 14.8 Å². The molecule has 1 saturated carbocycles. The number of hydrogen-bond acceptors (Lipinski definition) is 3. The summed E-state index contributed by atoms with van der Waals surface area (Å²) >= 11 is 5.97. The van der Waals surface area contributed by atoms with Crippen molar-refractivity contribution in [2.45, 2.75) is 18.3 Å². The Morgan fingerprint density at radius 1 is 1.09 bits per heavy atom. The van der Waals surface area contributed by atoms with Crippen molar-refractivity contribution in [3.05, 3.63) is 53.1 Å². The average molecular weight is 332 g/mol. The Balaban J connectivity index is 1.85. The van der Waals surface area contributed by atoms with Gasteiger partial charge in [0, 0.05) is 10.7 Å². The van der Waals surface area contributed by atoms with Crippen LogP contribution in [0.5, 0.6) is 11.5 Å². The first-order valence-corrected chi connectivity index (χ1v) is 7.76. The number of benzene rings is 2. The fourth-order valence-corrected chi connectivity index (χ4v) is 2.91. The van der Waals surface area contributed by atoms with Crippen molar-refractivity contribution in [2.24, 2.45) is 0 Å². The van der Waals surface area contributed by atoms with Gasteiger partial charge < -0.3 is 14.8 Å². The van der Waals surface area contributed by atoms with E-state index in [9.17, 15) is 4.79 Å². The molecule has 4 nitrogen and oxygen atoms in total. The van der Waals surface area contributed by atoms with Crippen LogP contribution in [-0.4, -0.2) is 20.1 Å². The van der Waals surface area contributed by atoms with Gasteiger partial charge in [-0.15, -0.1) is 0 Å². The minimum Gasteiger partial charge on any atom is -0.493 e.